The highest BCUT2D eigenvalue weighted by Gasteiger charge is 2.11. The van der Waals surface area contributed by atoms with Gasteiger partial charge in [0, 0.05) is 45.1 Å². The molecule has 0 unspecified atom stereocenters. The number of nitrogens with zero attached hydrogens (tertiary/aromatic N) is 5. The van der Waals surface area contributed by atoms with Gasteiger partial charge in [-0.15, -0.1) is 0 Å². The number of hydrogen-bond acceptors (Lipinski definition) is 4. The van der Waals surface area contributed by atoms with Crippen molar-refractivity contribution >= 4 is 27.8 Å². The highest BCUT2D eigenvalue weighted by Crippen LogP contribution is 2.17. The van der Waals surface area contributed by atoms with Gasteiger partial charge in [-0.05, 0) is 11.6 Å². The number of benzene rings is 1. The SMILES string of the molecule is CN=C(NCCC(=O)N(C)Cc1ccccc1Br)NCc1ncnn1C. The molecule has 1 aromatic carbocycles. The Kier molecular flexibility index (Phi) is 7.58. The van der Waals surface area contributed by atoms with Crippen LogP contribution in [-0.4, -0.2) is 52.2 Å². The summed E-state index contributed by atoms with van der Waals surface area (Å²) in [5.41, 5.74) is 1.08. The van der Waals surface area contributed by atoms with Gasteiger partial charge in [-0.2, -0.15) is 5.10 Å². The van der Waals surface area contributed by atoms with Crippen molar-refractivity contribution in [3.05, 3.63) is 46.5 Å². The molecule has 0 bridgehead atoms. The topological polar surface area (TPSA) is 87.4 Å². The molecule has 0 radical (unpaired) electrons. The Hall–Kier alpha value is -2.42. The molecule has 0 spiro atoms. The Morgan fingerprint density at radius 1 is 1.35 bits per heavy atom. The van der Waals surface area contributed by atoms with E-state index < -0.39 is 0 Å². The summed E-state index contributed by atoms with van der Waals surface area (Å²) in [6, 6.07) is 7.90. The van der Waals surface area contributed by atoms with E-state index in [9.17, 15) is 4.79 Å². The van der Waals surface area contributed by atoms with Crippen molar-refractivity contribution in [3.8, 4) is 0 Å². The van der Waals surface area contributed by atoms with E-state index in [1.54, 1.807) is 16.6 Å². The first kappa shape index (κ1) is 19.9. The first-order valence-electron chi connectivity index (χ1n) is 8.26. The minimum Gasteiger partial charge on any atom is -0.356 e. The molecule has 2 rings (SSSR count). The number of aryl methyl sites for hydroxylation is 1. The van der Waals surface area contributed by atoms with Gasteiger partial charge in [0.2, 0.25) is 5.91 Å². The number of hydrogen-bond donors (Lipinski definition) is 2. The zero-order chi connectivity index (χ0) is 18.9. The van der Waals surface area contributed by atoms with Crippen molar-refractivity contribution in [2.75, 3.05) is 20.6 Å². The Morgan fingerprint density at radius 2 is 2.12 bits per heavy atom. The van der Waals surface area contributed by atoms with E-state index in [1.807, 2.05) is 38.4 Å². The monoisotopic (exact) mass is 421 g/mol. The van der Waals surface area contributed by atoms with Crippen molar-refractivity contribution < 1.29 is 4.79 Å². The zero-order valence-corrected chi connectivity index (χ0v) is 16.8. The molecule has 2 N–H and O–H groups in total. The lowest BCUT2D eigenvalue weighted by Gasteiger charge is -2.19. The fraction of sp³-hybridized carbons (Fsp3) is 0.412. The van der Waals surface area contributed by atoms with E-state index in [2.05, 4.69) is 41.6 Å². The smallest absolute Gasteiger partial charge is 0.224 e. The summed E-state index contributed by atoms with van der Waals surface area (Å²) in [6.45, 7) is 1.57. The molecule has 26 heavy (non-hydrogen) atoms. The first-order chi connectivity index (χ1) is 12.5. The summed E-state index contributed by atoms with van der Waals surface area (Å²) in [5, 5.41) is 10.3. The number of carbonyl (C=O) groups is 1. The number of rotatable bonds is 7. The molecule has 0 aliphatic heterocycles. The van der Waals surface area contributed by atoms with Crippen LogP contribution in [0.5, 0.6) is 0 Å². The lowest BCUT2D eigenvalue weighted by Crippen LogP contribution is -2.39. The van der Waals surface area contributed by atoms with Crippen LogP contribution in [0.25, 0.3) is 0 Å². The van der Waals surface area contributed by atoms with E-state index in [1.165, 1.54) is 6.33 Å². The van der Waals surface area contributed by atoms with Gasteiger partial charge in [-0.3, -0.25) is 14.5 Å². The first-order valence-corrected chi connectivity index (χ1v) is 9.05. The second-order valence-corrected chi connectivity index (χ2v) is 6.60. The maximum atomic E-state index is 12.3. The normalized spacial score (nSPS) is 11.3. The van der Waals surface area contributed by atoms with E-state index in [4.69, 9.17) is 0 Å². The average molecular weight is 422 g/mol. The molecular weight excluding hydrogens is 398 g/mol. The van der Waals surface area contributed by atoms with Gasteiger partial charge in [0.15, 0.2) is 5.96 Å². The lowest BCUT2D eigenvalue weighted by atomic mass is 10.2. The van der Waals surface area contributed by atoms with Crippen LogP contribution >= 0.6 is 15.9 Å². The minimum absolute atomic E-state index is 0.0667. The third-order valence-electron chi connectivity index (χ3n) is 3.87. The Morgan fingerprint density at radius 3 is 2.77 bits per heavy atom. The summed E-state index contributed by atoms with van der Waals surface area (Å²) in [5.74, 6) is 1.49. The zero-order valence-electron chi connectivity index (χ0n) is 15.2. The molecule has 9 heteroatoms. The number of amides is 1. The molecule has 0 aliphatic carbocycles. The molecule has 1 aromatic heterocycles. The molecule has 1 amide bonds. The number of nitrogens with one attached hydrogen (secondary N) is 2. The van der Waals surface area contributed by atoms with Crippen LogP contribution in [-0.2, 0) is 24.9 Å². The summed E-state index contributed by atoms with van der Waals surface area (Å²) < 4.78 is 2.70. The quantitative estimate of drug-likeness (QED) is 0.519. The molecule has 0 atom stereocenters. The molecule has 0 aliphatic rings. The molecule has 2 aromatic rings. The van der Waals surface area contributed by atoms with Crippen LogP contribution in [0.15, 0.2) is 40.1 Å². The molecule has 1 heterocycles. The van der Waals surface area contributed by atoms with Crippen LogP contribution in [0.4, 0.5) is 0 Å². The van der Waals surface area contributed by atoms with Crippen LogP contribution in [0.3, 0.4) is 0 Å². The molecule has 0 saturated heterocycles. The minimum atomic E-state index is 0.0667. The Bertz CT molecular complexity index is 759. The highest BCUT2D eigenvalue weighted by molar-refractivity contribution is 9.10. The lowest BCUT2D eigenvalue weighted by molar-refractivity contribution is -0.130. The number of aliphatic imine (C=N–C) groups is 1. The number of aromatic nitrogens is 3. The molecule has 8 nitrogen and oxygen atoms in total. The Balaban J connectivity index is 1.74. The maximum Gasteiger partial charge on any atom is 0.224 e. The summed E-state index contributed by atoms with van der Waals surface area (Å²) in [4.78, 5) is 22.3. The van der Waals surface area contributed by atoms with Crippen molar-refractivity contribution in [1.82, 2.24) is 30.3 Å². The number of halogens is 1. The fourth-order valence-electron chi connectivity index (χ4n) is 2.31. The average Bonchev–Trinajstić information content (AvgIpc) is 3.04. The third kappa shape index (κ3) is 5.83. The van der Waals surface area contributed by atoms with Gasteiger partial charge in [0.1, 0.15) is 12.2 Å². The molecular formula is C17H24BrN7O. The van der Waals surface area contributed by atoms with Crippen molar-refractivity contribution in [3.63, 3.8) is 0 Å². The number of carbonyl (C=O) groups excluding carboxylic acids is 1. The largest absolute Gasteiger partial charge is 0.356 e. The van der Waals surface area contributed by atoms with E-state index in [-0.39, 0.29) is 5.91 Å². The van der Waals surface area contributed by atoms with Gasteiger partial charge in [-0.25, -0.2) is 4.98 Å². The van der Waals surface area contributed by atoms with Crippen LogP contribution < -0.4 is 10.6 Å². The van der Waals surface area contributed by atoms with Crippen LogP contribution in [0, 0.1) is 0 Å². The predicted molar refractivity (Wildman–Crippen MR) is 104 cm³/mol. The summed E-state index contributed by atoms with van der Waals surface area (Å²) in [7, 11) is 5.33. The molecule has 0 saturated carbocycles. The van der Waals surface area contributed by atoms with E-state index in [0.29, 0.717) is 32.0 Å². The van der Waals surface area contributed by atoms with Gasteiger partial charge < -0.3 is 15.5 Å². The molecule has 140 valence electrons. The van der Waals surface area contributed by atoms with Crippen molar-refractivity contribution in [1.29, 1.82) is 0 Å². The Labute approximate surface area is 161 Å². The second kappa shape index (κ2) is 9.91. The summed E-state index contributed by atoms with van der Waals surface area (Å²) >= 11 is 3.51. The van der Waals surface area contributed by atoms with E-state index >= 15 is 0 Å². The number of guanidine groups is 1. The highest BCUT2D eigenvalue weighted by atomic mass is 79.9. The van der Waals surface area contributed by atoms with Crippen molar-refractivity contribution in [2.24, 2.45) is 12.0 Å². The van der Waals surface area contributed by atoms with Gasteiger partial charge in [-0.1, -0.05) is 34.1 Å². The van der Waals surface area contributed by atoms with E-state index in [0.717, 1.165) is 15.9 Å². The predicted octanol–water partition coefficient (Wildman–Crippen LogP) is 1.29. The fourth-order valence-corrected chi connectivity index (χ4v) is 2.72. The van der Waals surface area contributed by atoms with Gasteiger partial charge >= 0.3 is 0 Å². The summed E-state index contributed by atoms with van der Waals surface area (Å²) in [6.07, 6.45) is 1.89. The van der Waals surface area contributed by atoms with Gasteiger partial charge in [0.25, 0.3) is 0 Å². The third-order valence-corrected chi connectivity index (χ3v) is 4.64. The van der Waals surface area contributed by atoms with Gasteiger partial charge in [0.05, 0.1) is 6.54 Å². The van der Waals surface area contributed by atoms with Crippen LogP contribution in [0.2, 0.25) is 0 Å². The van der Waals surface area contributed by atoms with Crippen LogP contribution in [0.1, 0.15) is 17.8 Å². The standard InChI is InChI=1S/C17H24BrN7O/c1-19-17(21-10-15-22-12-23-25(15)3)20-9-8-16(26)24(2)11-13-6-4-5-7-14(13)18/h4-7,12H,8-11H2,1-3H3,(H2,19,20,21). The molecule has 0 fully saturated rings. The maximum absolute atomic E-state index is 12.3. The second-order valence-electron chi connectivity index (χ2n) is 5.74. The van der Waals surface area contributed by atoms with Crippen molar-refractivity contribution in [2.45, 2.75) is 19.5 Å².